The fraction of sp³-hybridized carbons (Fsp3) is 0.238. The van der Waals surface area contributed by atoms with Gasteiger partial charge in [0.25, 0.3) is 0 Å². The predicted molar refractivity (Wildman–Crippen MR) is 93.0 cm³/mol. The van der Waals surface area contributed by atoms with Crippen LogP contribution in [0.3, 0.4) is 0 Å². The van der Waals surface area contributed by atoms with Gasteiger partial charge in [-0.2, -0.15) is 0 Å². The molecule has 0 bridgehead atoms. The monoisotopic (exact) mass is 304 g/mol. The van der Waals surface area contributed by atoms with Gasteiger partial charge in [0.05, 0.1) is 18.6 Å². The summed E-state index contributed by atoms with van der Waals surface area (Å²) < 4.78 is 11.4. The predicted octanol–water partition coefficient (Wildman–Crippen LogP) is 3.27. The first-order valence-corrected chi connectivity index (χ1v) is 7.47. The second-order valence-corrected chi connectivity index (χ2v) is 5.21. The molecule has 116 valence electrons. The molecule has 2 aromatic rings. The van der Waals surface area contributed by atoms with E-state index in [0.717, 1.165) is 11.1 Å². The van der Waals surface area contributed by atoms with E-state index in [2.05, 4.69) is 36.1 Å². The van der Waals surface area contributed by atoms with E-state index in [4.69, 9.17) is 22.3 Å². The van der Waals surface area contributed by atoms with Gasteiger partial charge in [-0.25, -0.2) is 0 Å². The minimum atomic E-state index is -0.448. The SMILES string of the molecule is C#CCOCC(COCC#C)(c1ccccc1)c1ccccc1. The maximum absolute atomic E-state index is 5.72. The lowest BCUT2D eigenvalue weighted by Gasteiger charge is -2.34. The van der Waals surface area contributed by atoms with Crippen molar-refractivity contribution < 1.29 is 9.47 Å². The molecular formula is C21H20O2. The Morgan fingerprint density at radius 2 is 1.09 bits per heavy atom. The number of rotatable bonds is 8. The topological polar surface area (TPSA) is 18.5 Å². The summed E-state index contributed by atoms with van der Waals surface area (Å²) in [6.45, 7) is 1.37. The van der Waals surface area contributed by atoms with Crippen LogP contribution in [0.1, 0.15) is 11.1 Å². The summed E-state index contributed by atoms with van der Waals surface area (Å²) in [5.41, 5.74) is 1.77. The Labute approximate surface area is 138 Å². The third-order valence-electron chi connectivity index (χ3n) is 3.72. The number of hydrogen-bond acceptors (Lipinski definition) is 2. The molecule has 0 aliphatic carbocycles. The molecule has 0 aliphatic rings. The van der Waals surface area contributed by atoms with E-state index in [1.807, 2.05) is 36.4 Å². The smallest absolute Gasteiger partial charge is 0.107 e. The van der Waals surface area contributed by atoms with E-state index < -0.39 is 5.41 Å². The normalized spacial score (nSPS) is 10.7. The van der Waals surface area contributed by atoms with Crippen LogP contribution in [0, 0.1) is 24.7 Å². The number of terminal acetylenes is 2. The zero-order valence-electron chi connectivity index (χ0n) is 13.1. The van der Waals surface area contributed by atoms with Crippen molar-refractivity contribution in [2.24, 2.45) is 0 Å². The highest BCUT2D eigenvalue weighted by molar-refractivity contribution is 5.40. The van der Waals surface area contributed by atoms with Crippen molar-refractivity contribution in [3.05, 3.63) is 71.8 Å². The van der Waals surface area contributed by atoms with Gasteiger partial charge in [-0.3, -0.25) is 0 Å². The molecule has 0 saturated carbocycles. The van der Waals surface area contributed by atoms with Crippen LogP contribution in [-0.4, -0.2) is 26.4 Å². The fourth-order valence-corrected chi connectivity index (χ4v) is 2.62. The van der Waals surface area contributed by atoms with E-state index >= 15 is 0 Å². The quantitative estimate of drug-likeness (QED) is 0.550. The van der Waals surface area contributed by atoms with Crippen LogP contribution in [0.5, 0.6) is 0 Å². The zero-order chi connectivity index (χ0) is 16.4. The standard InChI is InChI=1S/C21H20O2/c1-3-15-22-17-21(18-23-16-4-2,19-11-7-5-8-12-19)20-13-9-6-10-14-20/h1-2,5-14H,15-18H2. The van der Waals surface area contributed by atoms with Gasteiger partial charge in [0.1, 0.15) is 13.2 Å². The third-order valence-corrected chi connectivity index (χ3v) is 3.72. The largest absolute Gasteiger partial charge is 0.367 e. The van der Waals surface area contributed by atoms with Crippen molar-refractivity contribution >= 4 is 0 Å². The molecule has 0 aliphatic heterocycles. The molecule has 0 atom stereocenters. The van der Waals surface area contributed by atoms with Crippen LogP contribution >= 0.6 is 0 Å². The van der Waals surface area contributed by atoms with E-state index in [0.29, 0.717) is 13.2 Å². The number of benzene rings is 2. The second kappa shape index (κ2) is 8.81. The van der Waals surface area contributed by atoms with Gasteiger partial charge >= 0.3 is 0 Å². The molecule has 2 aromatic carbocycles. The summed E-state index contributed by atoms with van der Waals surface area (Å²) in [5.74, 6) is 5.03. The first-order valence-electron chi connectivity index (χ1n) is 7.47. The molecule has 2 nitrogen and oxygen atoms in total. The van der Waals surface area contributed by atoms with Gasteiger partial charge in [0.2, 0.25) is 0 Å². The third kappa shape index (κ3) is 4.24. The molecule has 0 radical (unpaired) electrons. The van der Waals surface area contributed by atoms with Gasteiger partial charge in [-0.05, 0) is 11.1 Å². The van der Waals surface area contributed by atoms with Crippen molar-refractivity contribution in [3.63, 3.8) is 0 Å². The highest BCUT2D eigenvalue weighted by Gasteiger charge is 2.35. The van der Waals surface area contributed by atoms with Crippen molar-refractivity contribution in [2.75, 3.05) is 26.4 Å². The summed E-state index contributed by atoms with van der Waals surface area (Å²) >= 11 is 0. The lowest BCUT2D eigenvalue weighted by Crippen LogP contribution is -2.38. The first kappa shape index (κ1) is 16.8. The average molecular weight is 304 g/mol. The zero-order valence-corrected chi connectivity index (χ0v) is 13.1. The van der Waals surface area contributed by atoms with Crippen LogP contribution in [0.4, 0.5) is 0 Å². The molecule has 0 fully saturated rings. The second-order valence-electron chi connectivity index (χ2n) is 5.21. The molecule has 23 heavy (non-hydrogen) atoms. The Kier molecular flexibility index (Phi) is 6.45. The minimum absolute atomic E-state index is 0.260. The van der Waals surface area contributed by atoms with Gasteiger partial charge in [-0.1, -0.05) is 72.5 Å². The van der Waals surface area contributed by atoms with Crippen molar-refractivity contribution in [2.45, 2.75) is 5.41 Å². The molecule has 0 amide bonds. The van der Waals surface area contributed by atoms with Gasteiger partial charge in [-0.15, -0.1) is 12.8 Å². The number of hydrogen-bond donors (Lipinski definition) is 0. The molecule has 0 heterocycles. The summed E-state index contributed by atoms with van der Waals surface area (Å²) in [7, 11) is 0. The highest BCUT2D eigenvalue weighted by Crippen LogP contribution is 2.33. The first-order chi connectivity index (χ1) is 11.3. The van der Waals surface area contributed by atoms with E-state index in [-0.39, 0.29) is 13.2 Å². The Hall–Kier alpha value is -2.52. The molecular weight excluding hydrogens is 284 g/mol. The van der Waals surface area contributed by atoms with Crippen molar-refractivity contribution in [1.29, 1.82) is 0 Å². The van der Waals surface area contributed by atoms with E-state index in [1.165, 1.54) is 0 Å². The fourth-order valence-electron chi connectivity index (χ4n) is 2.62. The van der Waals surface area contributed by atoms with Crippen molar-refractivity contribution in [1.82, 2.24) is 0 Å². The van der Waals surface area contributed by atoms with Gasteiger partial charge < -0.3 is 9.47 Å². The summed E-state index contributed by atoms with van der Waals surface area (Å²) in [4.78, 5) is 0. The Morgan fingerprint density at radius 1 is 0.696 bits per heavy atom. The molecule has 0 aromatic heterocycles. The van der Waals surface area contributed by atoms with Crippen LogP contribution in [0.25, 0.3) is 0 Å². The maximum atomic E-state index is 5.72. The lowest BCUT2D eigenvalue weighted by atomic mass is 9.75. The summed E-state index contributed by atoms with van der Waals surface area (Å²) in [6, 6.07) is 20.3. The van der Waals surface area contributed by atoms with Gasteiger partial charge in [0.15, 0.2) is 0 Å². The van der Waals surface area contributed by atoms with E-state index in [9.17, 15) is 0 Å². The molecule has 0 spiro atoms. The molecule has 0 unspecified atom stereocenters. The average Bonchev–Trinajstić information content (AvgIpc) is 2.62. The maximum Gasteiger partial charge on any atom is 0.107 e. The Bertz CT molecular complexity index is 601. The minimum Gasteiger partial charge on any atom is -0.367 e. The van der Waals surface area contributed by atoms with Crippen LogP contribution in [-0.2, 0) is 14.9 Å². The molecule has 0 saturated heterocycles. The van der Waals surface area contributed by atoms with Crippen LogP contribution < -0.4 is 0 Å². The van der Waals surface area contributed by atoms with Crippen molar-refractivity contribution in [3.8, 4) is 24.7 Å². The molecule has 0 N–H and O–H groups in total. The Balaban J connectivity index is 2.44. The molecule has 2 heteroatoms. The number of ether oxygens (including phenoxy) is 2. The van der Waals surface area contributed by atoms with Gasteiger partial charge in [0, 0.05) is 0 Å². The highest BCUT2D eigenvalue weighted by atomic mass is 16.5. The van der Waals surface area contributed by atoms with E-state index in [1.54, 1.807) is 0 Å². The van der Waals surface area contributed by atoms with Crippen LogP contribution in [0.2, 0.25) is 0 Å². The summed E-state index contributed by atoms with van der Waals surface area (Å²) in [6.07, 6.45) is 10.6. The summed E-state index contributed by atoms with van der Waals surface area (Å²) in [5, 5.41) is 0. The lowest BCUT2D eigenvalue weighted by molar-refractivity contribution is 0.0570. The Morgan fingerprint density at radius 3 is 1.43 bits per heavy atom. The van der Waals surface area contributed by atoms with Crippen LogP contribution in [0.15, 0.2) is 60.7 Å². The molecule has 2 rings (SSSR count).